The molecule has 0 fully saturated rings. The van der Waals surface area contributed by atoms with E-state index < -0.39 is 0 Å². The van der Waals surface area contributed by atoms with E-state index in [0.717, 1.165) is 50.5 Å². The number of benzene rings is 3. The summed E-state index contributed by atoms with van der Waals surface area (Å²) in [5.41, 5.74) is 13.1. The van der Waals surface area contributed by atoms with Crippen molar-refractivity contribution in [3.8, 4) is 0 Å². The third kappa shape index (κ3) is 14.8. The second kappa shape index (κ2) is 26.5. The molecule has 81 heavy (non-hydrogen) atoms. The summed E-state index contributed by atoms with van der Waals surface area (Å²) in [7, 11) is 0. The maximum absolute atomic E-state index is 12.6. The first-order chi connectivity index (χ1) is 38.6. The Morgan fingerprint density at radius 2 is 0.642 bits per heavy atom. The largest absolute Gasteiger partial charge is 0.348 e. The van der Waals surface area contributed by atoms with Gasteiger partial charge in [0, 0.05) is 72.0 Å². The lowest BCUT2D eigenvalue weighted by molar-refractivity contribution is 0.0942. The zero-order chi connectivity index (χ0) is 58.7. The number of H-pyrrole nitrogens is 3. The van der Waals surface area contributed by atoms with Crippen LogP contribution in [0.2, 0.25) is 0 Å². The number of aromatic nitrogens is 9. The molecule has 6 N–H and O–H groups in total. The summed E-state index contributed by atoms with van der Waals surface area (Å²) >= 11 is 0. The molecule has 9 rings (SSSR count). The summed E-state index contributed by atoms with van der Waals surface area (Å²) < 4.78 is 5.39. The molecule has 6 aromatic heterocycles. The Morgan fingerprint density at radius 1 is 0.407 bits per heavy atom. The highest BCUT2D eigenvalue weighted by molar-refractivity contribution is 5.96. The number of amides is 3. The highest BCUT2D eigenvalue weighted by Crippen LogP contribution is 2.22. The van der Waals surface area contributed by atoms with E-state index in [-0.39, 0.29) is 72.2 Å². The Balaban J connectivity index is 0.000000175. The van der Waals surface area contributed by atoms with Crippen LogP contribution in [0.5, 0.6) is 0 Å². The first-order valence-electron chi connectivity index (χ1n) is 26.8. The Morgan fingerprint density at radius 3 is 0.864 bits per heavy atom. The van der Waals surface area contributed by atoms with E-state index >= 15 is 0 Å². The number of carbonyl (C=O) groups is 3. The number of nitrogens with one attached hydrogen (secondary N) is 6. The third-order valence-electron chi connectivity index (χ3n) is 14.3. The topological polar surface area (TPSA) is 239 Å². The average molecular weight is 1090 g/mol. The molecule has 9 aromatic rings. The molecule has 0 saturated carbocycles. The van der Waals surface area contributed by atoms with Crippen molar-refractivity contribution >= 4 is 17.7 Å². The van der Waals surface area contributed by atoms with Gasteiger partial charge in [-0.05, 0) is 135 Å². The fourth-order valence-electron chi connectivity index (χ4n) is 9.46. The zero-order valence-electron chi connectivity index (χ0n) is 48.1. The maximum Gasteiger partial charge on any atom is 0.255 e. The number of nitrogens with zero attached hydrogens (tertiary/aromatic N) is 6. The quantitative estimate of drug-likeness (QED) is 0.0573. The lowest BCUT2D eigenvalue weighted by Crippen LogP contribution is -2.28. The fourth-order valence-corrected chi connectivity index (χ4v) is 9.46. The minimum absolute atomic E-state index is 0.0219. The molecule has 18 nitrogen and oxygen atoms in total. The van der Waals surface area contributed by atoms with Gasteiger partial charge in [-0.2, -0.15) is 15.3 Å². The molecule has 3 aromatic carbocycles. The van der Waals surface area contributed by atoms with Gasteiger partial charge in [0.1, 0.15) is 0 Å². The number of aromatic amines is 3. The molecule has 0 bridgehead atoms. The van der Waals surface area contributed by atoms with Crippen molar-refractivity contribution in [1.29, 1.82) is 0 Å². The van der Waals surface area contributed by atoms with Gasteiger partial charge in [0.2, 0.25) is 0 Å². The standard InChI is InChI=1S/3C21H24N4O2/c3*1-13-10-14(2)23-21(27)18(13)11-22-20(26)19-12-25(24-15(19)3)16(4)17-8-6-5-7-9-17/h3*5-10,12,16H,11H2,1-4H3,(H,22,26)(H,23,27)/t2*16-;/m10./s1. The monoisotopic (exact) mass is 1090 g/mol. The van der Waals surface area contributed by atoms with Crippen molar-refractivity contribution in [2.45, 2.75) is 121 Å². The van der Waals surface area contributed by atoms with Crippen LogP contribution in [0, 0.1) is 62.3 Å². The molecule has 0 radical (unpaired) electrons. The summed E-state index contributed by atoms with van der Waals surface area (Å²) in [6.45, 7) is 23.2. The van der Waals surface area contributed by atoms with Gasteiger partial charge in [-0.25, -0.2) is 0 Å². The van der Waals surface area contributed by atoms with Crippen molar-refractivity contribution in [3.05, 3.63) is 260 Å². The number of pyridine rings is 3. The third-order valence-corrected chi connectivity index (χ3v) is 14.3. The lowest BCUT2D eigenvalue weighted by atomic mass is 10.1. The second-order valence-corrected chi connectivity index (χ2v) is 20.5. The molecular formula is C63H72N12O6. The van der Waals surface area contributed by atoms with E-state index in [1.54, 1.807) is 32.6 Å². The van der Waals surface area contributed by atoms with E-state index in [2.05, 4.69) is 46.2 Å². The number of hydrogen-bond acceptors (Lipinski definition) is 9. The Kier molecular flexibility index (Phi) is 19.3. The minimum Gasteiger partial charge on any atom is -0.348 e. The van der Waals surface area contributed by atoms with E-state index in [9.17, 15) is 28.8 Å². The van der Waals surface area contributed by atoms with E-state index in [0.29, 0.717) is 50.5 Å². The van der Waals surface area contributed by atoms with Crippen LogP contribution in [0.15, 0.2) is 142 Å². The molecule has 420 valence electrons. The van der Waals surface area contributed by atoms with E-state index in [1.165, 1.54) is 0 Å². The van der Waals surface area contributed by atoms with Gasteiger partial charge in [0.15, 0.2) is 0 Å². The van der Waals surface area contributed by atoms with Crippen LogP contribution in [-0.2, 0) is 19.6 Å². The maximum atomic E-state index is 12.6. The Hall–Kier alpha value is -9.45. The molecule has 3 atom stereocenters. The van der Waals surface area contributed by atoms with Gasteiger partial charge in [-0.1, -0.05) is 91.0 Å². The molecule has 3 amide bonds. The van der Waals surface area contributed by atoms with Crippen LogP contribution in [0.1, 0.15) is 154 Å². The molecular weight excluding hydrogens is 1020 g/mol. The molecule has 0 aliphatic heterocycles. The second-order valence-electron chi connectivity index (χ2n) is 20.5. The van der Waals surface area contributed by atoms with Crippen LogP contribution < -0.4 is 32.6 Å². The van der Waals surface area contributed by atoms with E-state index in [4.69, 9.17) is 0 Å². The fraction of sp³-hybridized carbons (Fsp3) is 0.286. The predicted molar refractivity (Wildman–Crippen MR) is 315 cm³/mol. The van der Waals surface area contributed by atoms with Crippen LogP contribution >= 0.6 is 0 Å². The molecule has 18 heteroatoms. The molecule has 0 spiro atoms. The van der Waals surface area contributed by atoms with Crippen molar-refractivity contribution in [3.63, 3.8) is 0 Å². The van der Waals surface area contributed by atoms with Gasteiger partial charge in [0.05, 0.1) is 51.9 Å². The van der Waals surface area contributed by atoms with Gasteiger partial charge >= 0.3 is 0 Å². The number of rotatable bonds is 15. The highest BCUT2D eigenvalue weighted by Gasteiger charge is 2.21. The van der Waals surface area contributed by atoms with Crippen molar-refractivity contribution in [2.75, 3.05) is 0 Å². The number of hydrogen-bond donors (Lipinski definition) is 6. The van der Waals surface area contributed by atoms with Crippen LogP contribution in [0.3, 0.4) is 0 Å². The molecule has 0 aliphatic rings. The van der Waals surface area contributed by atoms with Crippen molar-refractivity contribution < 1.29 is 14.4 Å². The summed E-state index contributed by atoms with van der Waals surface area (Å²) in [4.78, 5) is 82.5. The van der Waals surface area contributed by atoms with Gasteiger partial charge in [-0.15, -0.1) is 0 Å². The number of carbonyl (C=O) groups excluding carboxylic acids is 3. The molecule has 6 heterocycles. The van der Waals surface area contributed by atoms with Gasteiger partial charge in [-0.3, -0.25) is 42.8 Å². The predicted octanol–water partition coefficient (Wildman–Crippen LogP) is 9.11. The van der Waals surface area contributed by atoms with Crippen LogP contribution in [-0.4, -0.2) is 62.0 Å². The Bertz CT molecular complexity index is 3450. The van der Waals surface area contributed by atoms with Crippen molar-refractivity contribution in [1.82, 2.24) is 60.2 Å². The SMILES string of the molecule is Cc1cc(C)c(CNC(=O)c2cn(C(C)c3ccccc3)nc2C)c(=O)[nH]1.Cc1cc(C)c(CNC(=O)c2cn([C@@H](C)c3ccccc3)nc2C)c(=O)[nH]1.Cc1cc(C)c(CNC(=O)c2cn([C@H](C)c3ccccc3)nc2C)c(=O)[nH]1. The van der Waals surface area contributed by atoms with Crippen LogP contribution in [0.4, 0.5) is 0 Å². The van der Waals surface area contributed by atoms with Crippen LogP contribution in [0.25, 0.3) is 0 Å². The summed E-state index contributed by atoms with van der Waals surface area (Å²) in [6.07, 6.45) is 5.28. The van der Waals surface area contributed by atoms with Gasteiger partial charge < -0.3 is 30.9 Å². The molecule has 0 saturated heterocycles. The lowest BCUT2D eigenvalue weighted by Gasteiger charge is -2.12. The van der Waals surface area contributed by atoms with Crippen molar-refractivity contribution in [2.24, 2.45) is 0 Å². The zero-order valence-corrected chi connectivity index (χ0v) is 48.1. The van der Waals surface area contributed by atoms with E-state index in [1.807, 2.05) is 192 Å². The Labute approximate surface area is 471 Å². The number of aryl methyl sites for hydroxylation is 9. The average Bonchev–Trinajstić information content (AvgIpc) is 4.16. The normalized spacial score (nSPS) is 12.0. The minimum atomic E-state index is -0.238. The summed E-state index contributed by atoms with van der Waals surface area (Å²) in [5.74, 6) is -0.713. The summed E-state index contributed by atoms with van der Waals surface area (Å²) in [6, 6.07) is 35.8. The molecule has 1 unspecified atom stereocenters. The van der Waals surface area contributed by atoms with Gasteiger partial charge in [0.25, 0.3) is 34.4 Å². The first-order valence-corrected chi connectivity index (χ1v) is 26.8. The highest BCUT2D eigenvalue weighted by atomic mass is 16.2. The molecule has 0 aliphatic carbocycles. The smallest absolute Gasteiger partial charge is 0.255 e. The first kappa shape index (κ1) is 59.2. The summed E-state index contributed by atoms with van der Waals surface area (Å²) in [5, 5.41) is 22.0.